The van der Waals surface area contributed by atoms with Gasteiger partial charge in [0.05, 0.1) is 24.2 Å². The molecule has 1 aliphatic heterocycles. The first-order valence-corrected chi connectivity index (χ1v) is 12.0. The summed E-state index contributed by atoms with van der Waals surface area (Å²) < 4.78 is 19.1. The Labute approximate surface area is 209 Å². The monoisotopic (exact) mass is 485 g/mol. The maximum atomic E-state index is 13.4. The molecule has 0 saturated carbocycles. The quantitative estimate of drug-likeness (QED) is 0.403. The van der Waals surface area contributed by atoms with Gasteiger partial charge in [-0.05, 0) is 43.2 Å². The summed E-state index contributed by atoms with van der Waals surface area (Å²) in [4.78, 5) is 15.3. The van der Waals surface area contributed by atoms with E-state index >= 15 is 0 Å². The van der Waals surface area contributed by atoms with E-state index < -0.39 is 17.5 Å². The van der Waals surface area contributed by atoms with Crippen molar-refractivity contribution in [1.82, 2.24) is 15.4 Å². The molecule has 36 heavy (non-hydrogen) atoms. The van der Waals surface area contributed by atoms with Crippen LogP contribution in [-0.4, -0.2) is 39.3 Å². The topological polar surface area (TPSA) is 78.6 Å². The number of halogens is 1. The van der Waals surface area contributed by atoms with Gasteiger partial charge >= 0.3 is 0 Å². The summed E-state index contributed by atoms with van der Waals surface area (Å²) in [6.07, 6.45) is 0.449. The van der Waals surface area contributed by atoms with Gasteiger partial charge in [0, 0.05) is 23.7 Å². The maximum absolute atomic E-state index is 13.4. The van der Waals surface area contributed by atoms with E-state index in [1.807, 2.05) is 66.7 Å². The van der Waals surface area contributed by atoms with E-state index in [0.29, 0.717) is 30.8 Å². The van der Waals surface area contributed by atoms with Gasteiger partial charge < -0.3 is 14.9 Å². The SMILES string of the molecule is C[C@@]1(O)CCN(Cc2cc(-c3ccccc3)no2)[C@@H](c2ccccc2)[C@@H]1NC(=O)c1ccc(F)cc1. The molecule has 4 aromatic rings. The van der Waals surface area contributed by atoms with Crippen molar-refractivity contribution >= 4 is 5.91 Å². The van der Waals surface area contributed by atoms with Crippen LogP contribution in [0.25, 0.3) is 11.3 Å². The third-order valence-electron chi connectivity index (χ3n) is 6.81. The van der Waals surface area contributed by atoms with E-state index in [-0.39, 0.29) is 11.9 Å². The van der Waals surface area contributed by atoms with Crippen LogP contribution >= 0.6 is 0 Å². The fraction of sp³-hybridized carbons (Fsp3) is 0.241. The second kappa shape index (κ2) is 10.0. The van der Waals surface area contributed by atoms with Crippen LogP contribution in [0.4, 0.5) is 4.39 Å². The number of piperidine rings is 1. The van der Waals surface area contributed by atoms with Gasteiger partial charge in [0.2, 0.25) is 0 Å². The van der Waals surface area contributed by atoms with E-state index in [1.54, 1.807) is 6.92 Å². The summed E-state index contributed by atoms with van der Waals surface area (Å²) in [7, 11) is 0. The highest BCUT2D eigenvalue weighted by molar-refractivity contribution is 5.94. The normalized spacial score (nSPS) is 22.3. The molecule has 7 heteroatoms. The Kier molecular flexibility index (Phi) is 6.67. The van der Waals surface area contributed by atoms with Crippen LogP contribution in [0.15, 0.2) is 95.5 Å². The van der Waals surface area contributed by atoms with Crippen LogP contribution < -0.4 is 5.32 Å². The minimum absolute atomic E-state index is 0.329. The highest BCUT2D eigenvalue weighted by Crippen LogP contribution is 2.38. The third kappa shape index (κ3) is 5.08. The molecule has 1 aliphatic rings. The lowest BCUT2D eigenvalue weighted by Gasteiger charge is -2.49. The summed E-state index contributed by atoms with van der Waals surface area (Å²) in [6, 6.07) is 26.0. The van der Waals surface area contributed by atoms with Crippen molar-refractivity contribution in [3.63, 3.8) is 0 Å². The number of hydrogen-bond acceptors (Lipinski definition) is 5. The lowest BCUT2D eigenvalue weighted by Crippen LogP contribution is -2.62. The minimum Gasteiger partial charge on any atom is -0.388 e. The molecule has 1 amide bonds. The Hall–Kier alpha value is -3.81. The molecule has 184 valence electrons. The van der Waals surface area contributed by atoms with E-state index in [0.717, 1.165) is 16.8 Å². The number of nitrogens with one attached hydrogen (secondary N) is 1. The first-order valence-electron chi connectivity index (χ1n) is 12.0. The van der Waals surface area contributed by atoms with Crippen LogP contribution in [0.5, 0.6) is 0 Å². The number of rotatable bonds is 6. The van der Waals surface area contributed by atoms with Gasteiger partial charge in [-0.15, -0.1) is 0 Å². The fourth-order valence-electron chi connectivity index (χ4n) is 4.84. The van der Waals surface area contributed by atoms with Gasteiger partial charge in [0.15, 0.2) is 5.76 Å². The van der Waals surface area contributed by atoms with Crippen molar-refractivity contribution in [3.05, 3.63) is 114 Å². The smallest absolute Gasteiger partial charge is 0.251 e. The molecule has 2 N–H and O–H groups in total. The molecule has 0 aliphatic carbocycles. The molecule has 6 nitrogen and oxygen atoms in total. The van der Waals surface area contributed by atoms with Crippen molar-refractivity contribution < 1.29 is 18.8 Å². The molecule has 1 aromatic heterocycles. The average molecular weight is 486 g/mol. The predicted molar refractivity (Wildman–Crippen MR) is 134 cm³/mol. The number of carbonyl (C=O) groups excluding carboxylic acids is 1. The summed E-state index contributed by atoms with van der Waals surface area (Å²) in [5, 5.41) is 18.7. The zero-order chi connectivity index (χ0) is 25.1. The number of hydrogen-bond donors (Lipinski definition) is 2. The summed E-state index contributed by atoms with van der Waals surface area (Å²) in [5.74, 6) is -0.0829. The predicted octanol–water partition coefficient (Wildman–Crippen LogP) is 4.98. The third-order valence-corrected chi connectivity index (χ3v) is 6.81. The van der Waals surface area contributed by atoms with Crippen LogP contribution in [0, 0.1) is 5.82 Å². The van der Waals surface area contributed by atoms with Crippen molar-refractivity contribution in [3.8, 4) is 11.3 Å². The summed E-state index contributed by atoms with van der Waals surface area (Å²) in [6.45, 7) is 2.80. The zero-order valence-corrected chi connectivity index (χ0v) is 20.0. The molecule has 0 radical (unpaired) electrons. The van der Waals surface area contributed by atoms with Gasteiger partial charge in [-0.3, -0.25) is 9.69 Å². The van der Waals surface area contributed by atoms with E-state index in [2.05, 4.69) is 15.4 Å². The van der Waals surface area contributed by atoms with Crippen molar-refractivity contribution in [2.45, 2.75) is 37.6 Å². The average Bonchev–Trinajstić information content (AvgIpc) is 3.36. The van der Waals surface area contributed by atoms with Crippen molar-refractivity contribution in [1.29, 1.82) is 0 Å². The molecule has 2 heterocycles. The number of amides is 1. The number of likely N-dealkylation sites (tertiary alicyclic amines) is 1. The first-order chi connectivity index (χ1) is 17.4. The Morgan fingerprint density at radius 2 is 1.75 bits per heavy atom. The lowest BCUT2D eigenvalue weighted by atomic mass is 9.79. The fourth-order valence-corrected chi connectivity index (χ4v) is 4.84. The molecular formula is C29H28FN3O3. The molecule has 1 saturated heterocycles. The molecule has 3 aromatic carbocycles. The van der Waals surface area contributed by atoms with Gasteiger partial charge in [-0.25, -0.2) is 4.39 Å². The minimum atomic E-state index is -1.16. The highest BCUT2D eigenvalue weighted by Gasteiger charge is 2.46. The zero-order valence-electron chi connectivity index (χ0n) is 20.0. The van der Waals surface area contributed by atoms with Gasteiger partial charge in [0.25, 0.3) is 5.91 Å². The number of benzene rings is 3. The second-order valence-electron chi connectivity index (χ2n) is 9.44. The van der Waals surface area contributed by atoms with E-state index in [4.69, 9.17) is 4.52 Å². The number of aliphatic hydroxyl groups is 1. The Bertz CT molecular complexity index is 1310. The molecule has 0 unspecified atom stereocenters. The van der Waals surface area contributed by atoms with Crippen molar-refractivity contribution in [2.24, 2.45) is 0 Å². The van der Waals surface area contributed by atoms with Crippen molar-refractivity contribution in [2.75, 3.05) is 6.54 Å². The first kappa shape index (κ1) is 23.9. The number of aromatic nitrogens is 1. The molecular weight excluding hydrogens is 457 g/mol. The Balaban J connectivity index is 1.45. The Morgan fingerprint density at radius 1 is 1.08 bits per heavy atom. The van der Waals surface area contributed by atoms with Gasteiger partial charge in [0.1, 0.15) is 11.5 Å². The molecule has 0 bridgehead atoms. The van der Waals surface area contributed by atoms with Gasteiger partial charge in [-0.1, -0.05) is 65.8 Å². The van der Waals surface area contributed by atoms with Crippen LogP contribution in [0.2, 0.25) is 0 Å². The Morgan fingerprint density at radius 3 is 2.44 bits per heavy atom. The van der Waals surface area contributed by atoms with Crippen LogP contribution in [-0.2, 0) is 6.54 Å². The maximum Gasteiger partial charge on any atom is 0.251 e. The molecule has 5 rings (SSSR count). The second-order valence-corrected chi connectivity index (χ2v) is 9.44. The van der Waals surface area contributed by atoms with Gasteiger partial charge in [-0.2, -0.15) is 0 Å². The summed E-state index contributed by atoms with van der Waals surface area (Å²) in [5.41, 5.74) is 1.86. The summed E-state index contributed by atoms with van der Waals surface area (Å²) >= 11 is 0. The van der Waals surface area contributed by atoms with Crippen LogP contribution in [0.1, 0.15) is 41.1 Å². The number of carbonyl (C=O) groups is 1. The molecule has 0 spiro atoms. The van der Waals surface area contributed by atoms with Crippen LogP contribution in [0.3, 0.4) is 0 Å². The highest BCUT2D eigenvalue weighted by atomic mass is 19.1. The largest absolute Gasteiger partial charge is 0.388 e. The number of nitrogens with zero attached hydrogens (tertiary/aromatic N) is 2. The molecule has 1 fully saturated rings. The van der Waals surface area contributed by atoms with E-state index in [9.17, 15) is 14.3 Å². The van der Waals surface area contributed by atoms with E-state index in [1.165, 1.54) is 24.3 Å². The molecule has 3 atom stereocenters. The standard InChI is InChI=1S/C29H28FN3O3/c1-29(35)16-17-33(19-24-18-25(32-36-24)20-8-4-2-5-9-20)26(21-10-6-3-7-11-21)27(29)31-28(34)22-12-14-23(30)15-13-22/h2-15,18,26-27,35H,16-17,19H2,1H3,(H,31,34)/t26-,27-,29+/m0/s1. The lowest BCUT2D eigenvalue weighted by molar-refractivity contribution is -0.0681.